The van der Waals surface area contributed by atoms with E-state index in [2.05, 4.69) is 4.72 Å². The molecule has 0 saturated heterocycles. The zero-order chi connectivity index (χ0) is 14.9. The molecule has 0 aromatic heterocycles. The Hall–Kier alpha value is -2.01. The second-order valence-electron chi connectivity index (χ2n) is 5.12. The molecule has 0 spiro atoms. The quantitative estimate of drug-likeness (QED) is 0.944. The molecule has 5 heteroatoms. The highest BCUT2D eigenvalue weighted by atomic mass is 32.2. The molecule has 0 heterocycles. The predicted molar refractivity (Wildman–Crippen MR) is 82.3 cm³/mol. The van der Waals surface area contributed by atoms with Gasteiger partial charge in [0, 0.05) is 5.69 Å². The molecule has 0 bridgehead atoms. The number of sulfonamides is 1. The molecule has 0 atom stereocenters. The molecule has 2 aromatic carbocycles. The highest BCUT2D eigenvalue weighted by Crippen LogP contribution is 2.26. The zero-order valence-electron chi connectivity index (χ0n) is 11.8. The normalized spacial score (nSPS) is 13.8. The SMILES string of the molecule is COc1ccc(NS(=O)(=O)c2ccc3c(c2)CCC3)cc1. The van der Waals surface area contributed by atoms with Gasteiger partial charge in [0.1, 0.15) is 5.75 Å². The van der Waals surface area contributed by atoms with Crippen molar-refractivity contribution in [2.45, 2.75) is 24.2 Å². The Morgan fingerprint density at radius 3 is 2.43 bits per heavy atom. The average molecular weight is 303 g/mol. The van der Waals surface area contributed by atoms with E-state index in [0.29, 0.717) is 16.3 Å². The molecule has 0 unspecified atom stereocenters. The topological polar surface area (TPSA) is 55.4 Å². The van der Waals surface area contributed by atoms with E-state index in [1.54, 1.807) is 43.5 Å². The minimum Gasteiger partial charge on any atom is -0.497 e. The Morgan fingerprint density at radius 1 is 1.00 bits per heavy atom. The summed E-state index contributed by atoms with van der Waals surface area (Å²) >= 11 is 0. The molecule has 21 heavy (non-hydrogen) atoms. The molecule has 4 nitrogen and oxygen atoms in total. The third-order valence-corrected chi connectivity index (χ3v) is 5.10. The Balaban J connectivity index is 1.86. The Bertz CT molecular complexity index is 752. The summed E-state index contributed by atoms with van der Waals surface area (Å²) in [7, 11) is -1.97. The van der Waals surface area contributed by atoms with Gasteiger partial charge in [-0.3, -0.25) is 4.72 Å². The van der Waals surface area contributed by atoms with Crippen LogP contribution in [0.5, 0.6) is 5.75 Å². The number of fused-ring (bicyclic) bond motifs is 1. The van der Waals surface area contributed by atoms with E-state index in [9.17, 15) is 8.42 Å². The van der Waals surface area contributed by atoms with E-state index in [1.165, 1.54) is 5.56 Å². The van der Waals surface area contributed by atoms with Crippen molar-refractivity contribution in [3.8, 4) is 5.75 Å². The van der Waals surface area contributed by atoms with E-state index < -0.39 is 10.0 Å². The minimum atomic E-state index is -3.55. The number of methoxy groups -OCH3 is 1. The fraction of sp³-hybridized carbons (Fsp3) is 0.250. The number of rotatable bonds is 4. The number of anilines is 1. The Labute approximate surface area is 124 Å². The maximum Gasteiger partial charge on any atom is 0.261 e. The largest absolute Gasteiger partial charge is 0.497 e. The van der Waals surface area contributed by atoms with Crippen LogP contribution < -0.4 is 9.46 Å². The van der Waals surface area contributed by atoms with E-state index in [1.807, 2.05) is 6.07 Å². The second kappa shape index (κ2) is 5.41. The summed E-state index contributed by atoms with van der Waals surface area (Å²) in [5.74, 6) is 0.690. The van der Waals surface area contributed by atoms with Gasteiger partial charge in [-0.15, -0.1) is 0 Å². The van der Waals surface area contributed by atoms with Crippen LogP contribution in [-0.2, 0) is 22.9 Å². The standard InChI is InChI=1S/C16H17NO3S/c1-20-15-8-6-14(7-9-15)17-21(18,19)16-10-5-12-3-2-4-13(12)11-16/h5-11,17H,2-4H2,1H3. The van der Waals surface area contributed by atoms with Gasteiger partial charge in [-0.1, -0.05) is 6.07 Å². The fourth-order valence-corrected chi connectivity index (χ4v) is 3.70. The second-order valence-corrected chi connectivity index (χ2v) is 6.80. The number of ether oxygens (including phenoxy) is 1. The summed E-state index contributed by atoms with van der Waals surface area (Å²) in [6.07, 6.45) is 3.10. The maximum absolute atomic E-state index is 12.4. The number of hydrogen-bond acceptors (Lipinski definition) is 3. The van der Waals surface area contributed by atoms with Crippen LogP contribution in [0.3, 0.4) is 0 Å². The smallest absolute Gasteiger partial charge is 0.261 e. The third kappa shape index (κ3) is 2.88. The summed E-state index contributed by atoms with van der Waals surface area (Å²) in [6.45, 7) is 0. The molecule has 0 radical (unpaired) electrons. The summed E-state index contributed by atoms with van der Waals surface area (Å²) in [5.41, 5.74) is 2.93. The van der Waals surface area contributed by atoms with Crippen LogP contribution >= 0.6 is 0 Å². The summed E-state index contributed by atoms with van der Waals surface area (Å²) < 4.78 is 32.5. The molecule has 3 rings (SSSR count). The van der Waals surface area contributed by atoms with Gasteiger partial charge in [-0.05, 0) is 66.8 Å². The molecule has 1 aliphatic carbocycles. The van der Waals surface area contributed by atoms with Crippen LogP contribution in [0, 0.1) is 0 Å². The molecular weight excluding hydrogens is 286 g/mol. The van der Waals surface area contributed by atoms with Gasteiger partial charge in [0.05, 0.1) is 12.0 Å². The molecule has 0 saturated carbocycles. The number of aryl methyl sites for hydroxylation is 2. The van der Waals surface area contributed by atoms with Crippen molar-refractivity contribution in [3.63, 3.8) is 0 Å². The molecule has 1 N–H and O–H groups in total. The van der Waals surface area contributed by atoms with Crippen molar-refractivity contribution in [1.29, 1.82) is 0 Å². The van der Waals surface area contributed by atoms with E-state index in [0.717, 1.165) is 24.8 Å². The van der Waals surface area contributed by atoms with Crippen LogP contribution in [0.25, 0.3) is 0 Å². The lowest BCUT2D eigenvalue weighted by molar-refractivity contribution is 0.415. The lowest BCUT2D eigenvalue weighted by Gasteiger charge is -2.10. The molecule has 0 fully saturated rings. The molecule has 1 aliphatic rings. The molecule has 0 amide bonds. The first-order chi connectivity index (χ1) is 10.1. The van der Waals surface area contributed by atoms with E-state index in [4.69, 9.17) is 4.74 Å². The van der Waals surface area contributed by atoms with Gasteiger partial charge >= 0.3 is 0 Å². The van der Waals surface area contributed by atoms with Crippen molar-refractivity contribution >= 4 is 15.7 Å². The Kier molecular flexibility index (Phi) is 3.59. The van der Waals surface area contributed by atoms with Crippen molar-refractivity contribution in [2.75, 3.05) is 11.8 Å². The minimum absolute atomic E-state index is 0.318. The Morgan fingerprint density at radius 2 is 1.71 bits per heavy atom. The van der Waals surface area contributed by atoms with E-state index >= 15 is 0 Å². The van der Waals surface area contributed by atoms with Crippen molar-refractivity contribution in [1.82, 2.24) is 0 Å². The molecule has 2 aromatic rings. The fourth-order valence-electron chi connectivity index (χ4n) is 2.59. The molecule has 0 aliphatic heterocycles. The summed E-state index contributed by atoms with van der Waals surface area (Å²) in [5, 5.41) is 0. The summed E-state index contributed by atoms with van der Waals surface area (Å²) in [4.78, 5) is 0.318. The monoisotopic (exact) mass is 303 g/mol. The molecular formula is C16H17NO3S. The van der Waals surface area contributed by atoms with Crippen molar-refractivity contribution < 1.29 is 13.2 Å². The highest BCUT2D eigenvalue weighted by Gasteiger charge is 2.18. The van der Waals surface area contributed by atoms with Gasteiger partial charge in [0.15, 0.2) is 0 Å². The van der Waals surface area contributed by atoms with Crippen molar-refractivity contribution in [3.05, 3.63) is 53.6 Å². The first kappa shape index (κ1) is 13.9. The number of nitrogens with one attached hydrogen (secondary N) is 1. The van der Waals surface area contributed by atoms with Gasteiger partial charge in [0.25, 0.3) is 10.0 Å². The van der Waals surface area contributed by atoms with Gasteiger partial charge < -0.3 is 4.74 Å². The third-order valence-electron chi connectivity index (χ3n) is 3.72. The van der Waals surface area contributed by atoms with Gasteiger partial charge in [-0.2, -0.15) is 0 Å². The van der Waals surface area contributed by atoms with Crippen LogP contribution in [0.15, 0.2) is 47.4 Å². The first-order valence-electron chi connectivity index (χ1n) is 6.87. The zero-order valence-corrected chi connectivity index (χ0v) is 12.6. The van der Waals surface area contributed by atoms with Crippen molar-refractivity contribution in [2.24, 2.45) is 0 Å². The lowest BCUT2D eigenvalue weighted by Crippen LogP contribution is -2.13. The van der Waals surface area contributed by atoms with Crippen LogP contribution in [0.2, 0.25) is 0 Å². The number of benzene rings is 2. The van der Waals surface area contributed by atoms with Crippen LogP contribution in [-0.4, -0.2) is 15.5 Å². The maximum atomic E-state index is 12.4. The highest BCUT2D eigenvalue weighted by molar-refractivity contribution is 7.92. The van der Waals surface area contributed by atoms with E-state index in [-0.39, 0.29) is 0 Å². The predicted octanol–water partition coefficient (Wildman–Crippen LogP) is 2.98. The lowest BCUT2D eigenvalue weighted by atomic mass is 10.1. The first-order valence-corrected chi connectivity index (χ1v) is 8.35. The average Bonchev–Trinajstić information content (AvgIpc) is 2.95. The van der Waals surface area contributed by atoms with Crippen LogP contribution in [0.4, 0.5) is 5.69 Å². The van der Waals surface area contributed by atoms with Gasteiger partial charge in [0.2, 0.25) is 0 Å². The van der Waals surface area contributed by atoms with Crippen LogP contribution in [0.1, 0.15) is 17.5 Å². The van der Waals surface area contributed by atoms with Gasteiger partial charge in [-0.25, -0.2) is 8.42 Å². The summed E-state index contributed by atoms with van der Waals surface area (Å²) in [6, 6.07) is 12.2. The number of hydrogen-bond donors (Lipinski definition) is 1. The molecule has 110 valence electrons.